The van der Waals surface area contributed by atoms with E-state index < -0.39 is 15.9 Å². The average Bonchev–Trinajstić information content (AvgIpc) is 3.26. The van der Waals surface area contributed by atoms with Gasteiger partial charge in [0.1, 0.15) is 6.54 Å². The van der Waals surface area contributed by atoms with Crippen molar-refractivity contribution < 1.29 is 18.0 Å². The molecule has 31 heavy (non-hydrogen) atoms. The first-order valence-electron chi connectivity index (χ1n) is 10.4. The zero-order chi connectivity index (χ0) is 22.6. The second-order valence-electron chi connectivity index (χ2n) is 8.11. The molecule has 0 unspecified atom stereocenters. The summed E-state index contributed by atoms with van der Waals surface area (Å²) in [5, 5.41) is 2.72. The standard InChI is InChI=1S/C23H29N3O4S/c1-17(2)18-10-12-19(13-11-18)26(31(3,29)30)16-22(27)24-21-9-5-4-8-20(21)23(28)25-14-6-7-15-25/h4-5,8-13,17H,6-7,14-16H2,1-3H3,(H,24,27). The van der Waals surface area contributed by atoms with Crippen LogP contribution < -0.4 is 9.62 Å². The van der Waals surface area contributed by atoms with Crippen molar-refractivity contribution in [1.29, 1.82) is 0 Å². The molecule has 0 atom stereocenters. The molecular weight excluding hydrogens is 414 g/mol. The molecule has 1 N–H and O–H groups in total. The van der Waals surface area contributed by atoms with Gasteiger partial charge in [-0.3, -0.25) is 13.9 Å². The molecule has 1 aliphatic rings. The quantitative estimate of drug-likeness (QED) is 0.710. The van der Waals surface area contributed by atoms with Crippen molar-refractivity contribution >= 4 is 33.2 Å². The molecule has 1 heterocycles. The second kappa shape index (κ2) is 9.51. The summed E-state index contributed by atoms with van der Waals surface area (Å²) in [4.78, 5) is 27.3. The number of amides is 2. The van der Waals surface area contributed by atoms with Gasteiger partial charge in [0.05, 0.1) is 23.2 Å². The highest BCUT2D eigenvalue weighted by molar-refractivity contribution is 7.92. The van der Waals surface area contributed by atoms with Gasteiger partial charge in [0.15, 0.2) is 0 Å². The van der Waals surface area contributed by atoms with Crippen LogP contribution in [0.3, 0.4) is 0 Å². The van der Waals surface area contributed by atoms with Crippen molar-refractivity contribution in [3.63, 3.8) is 0 Å². The Balaban J connectivity index is 1.78. The summed E-state index contributed by atoms with van der Waals surface area (Å²) >= 11 is 0. The number of hydrogen-bond donors (Lipinski definition) is 1. The molecule has 1 aliphatic heterocycles. The monoisotopic (exact) mass is 443 g/mol. The van der Waals surface area contributed by atoms with E-state index in [1.54, 1.807) is 41.3 Å². The minimum atomic E-state index is -3.68. The minimum absolute atomic E-state index is 0.127. The first kappa shape index (κ1) is 22.8. The van der Waals surface area contributed by atoms with Crippen molar-refractivity contribution in [2.75, 3.05) is 35.5 Å². The molecule has 0 bridgehead atoms. The molecule has 0 spiro atoms. The number of nitrogens with zero attached hydrogens (tertiary/aromatic N) is 2. The number of benzene rings is 2. The maximum atomic E-state index is 12.8. The van der Waals surface area contributed by atoms with Crippen LogP contribution in [0.2, 0.25) is 0 Å². The molecule has 0 aliphatic carbocycles. The summed E-state index contributed by atoms with van der Waals surface area (Å²) in [6.45, 7) is 5.13. The Morgan fingerprint density at radius 1 is 1.03 bits per heavy atom. The van der Waals surface area contributed by atoms with Crippen molar-refractivity contribution in [1.82, 2.24) is 4.90 Å². The van der Waals surface area contributed by atoms with Gasteiger partial charge in [-0.1, -0.05) is 38.1 Å². The number of sulfonamides is 1. The SMILES string of the molecule is CC(C)c1ccc(N(CC(=O)Nc2ccccc2C(=O)N2CCCC2)S(C)(=O)=O)cc1. The number of hydrogen-bond acceptors (Lipinski definition) is 4. The summed E-state index contributed by atoms with van der Waals surface area (Å²) < 4.78 is 25.8. The van der Waals surface area contributed by atoms with E-state index in [1.807, 2.05) is 12.1 Å². The van der Waals surface area contributed by atoms with Crippen LogP contribution in [0.5, 0.6) is 0 Å². The lowest BCUT2D eigenvalue weighted by atomic mass is 10.0. The van der Waals surface area contributed by atoms with Gasteiger partial charge in [-0.05, 0) is 48.6 Å². The molecule has 2 aromatic carbocycles. The molecule has 1 saturated heterocycles. The van der Waals surface area contributed by atoms with Crippen LogP contribution >= 0.6 is 0 Å². The van der Waals surface area contributed by atoms with Crippen molar-refractivity contribution in [3.05, 3.63) is 59.7 Å². The minimum Gasteiger partial charge on any atom is -0.339 e. The van der Waals surface area contributed by atoms with E-state index in [1.165, 1.54) is 0 Å². The van der Waals surface area contributed by atoms with Crippen LogP contribution in [0.25, 0.3) is 0 Å². The number of carbonyl (C=O) groups excluding carboxylic acids is 2. The van der Waals surface area contributed by atoms with Crippen LogP contribution in [-0.2, 0) is 14.8 Å². The third kappa shape index (κ3) is 5.64. The van der Waals surface area contributed by atoms with E-state index in [-0.39, 0.29) is 12.5 Å². The third-order valence-electron chi connectivity index (χ3n) is 5.36. The molecule has 1 fully saturated rings. The van der Waals surface area contributed by atoms with E-state index in [9.17, 15) is 18.0 Å². The summed E-state index contributed by atoms with van der Waals surface area (Å²) in [7, 11) is -3.68. The van der Waals surface area contributed by atoms with Crippen LogP contribution in [0.15, 0.2) is 48.5 Å². The topological polar surface area (TPSA) is 86.8 Å². The highest BCUT2D eigenvalue weighted by Gasteiger charge is 2.24. The van der Waals surface area contributed by atoms with Gasteiger partial charge in [0.2, 0.25) is 15.9 Å². The number of likely N-dealkylation sites (tertiary alicyclic amines) is 1. The van der Waals surface area contributed by atoms with Gasteiger partial charge in [-0.25, -0.2) is 8.42 Å². The smallest absolute Gasteiger partial charge is 0.255 e. The molecule has 0 aromatic heterocycles. The van der Waals surface area contributed by atoms with Gasteiger partial charge < -0.3 is 10.2 Å². The fourth-order valence-corrected chi connectivity index (χ4v) is 4.47. The Morgan fingerprint density at radius 2 is 1.65 bits per heavy atom. The second-order valence-corrected chi connectivity index (χ2v) is 10.0. The van der Waals surface area contributed by atoms with E-state index >= 15 is 0 Å². The first-order valence-corrected chi connectivity index (χ1v) is 12.3. The van der Waals surface area contributed by atoms with Crippen LogP contribution in [0.4, 0.5) is 11.4 Å². The lowest BCUT2D eigenvalue weighted by Crippen LogP contribution is -2.38. The van der Waals surface area contributed by atoms with Gasteiger partial charge in [-0.15, -0.1) is 0 Å². The Labute approximate surface area is 184 Å². The fourth-order valence-electron chi connectivity index (χ4n) is 3.61. The number of anilines is 2. The lowest BCUT2D eigenvalue weighted by molar-refractivity contribution is -0.114. The summed E-state index contributed by atoms with van der Waals surface area (Å²) in [6.07, 6.45) is 3.01. The molecule has 7 nitrogen and oxygen atoms in total. The number of nitrogens with one attached hydrogen (secondary N) is 1. The highest BCUT2D eigenvalue weighted by Crippen LogP contribution is 2.23. The Hall–Kier alpha value is -2.87. The normalized spacial score (nSPS) is 14.0. The van der Waals surface area contributed by atoms with Gasteiger partial charge in [0.25, 0.3) is 5.91 Å². The lowest BCUT2D eigenvalue weighted by Gasteiger charge is -2.23. The van der Waals surface area contributed by atoms with Crippen LogP contribution in [0.1, 0.15) is 48.5 Å². The van der Waals surface area contributed by atoms with Crippen molar-refractivity contribution in [2.45, 2.75) is 32.6 Å². The fraction of sp³-hybridized carbons (Fsp3) is 0.391. The van der Waals surface area contributed by atoms with E-state index in [2.05, 4.69) is 19.2 Å². The third-order valence-corrected chi connectivity index (χ3v) is 6.50. The summed E-state index contributed by atoms with van der Waals surface area (Å²) in [5.41, 5.74) is 2.29. The zero-order valence-electron chi connectivity index (χ0n) is 18.2. The summed E-state index contributed by atoms with van der Waals surface area (Å²) in [6, 6.07) is 13.9. The van der Waals surface area contributed by atoms with E-state index in [0.29, 0.717) is 35.9 Å². The first-order chi connectivity index (χ1) is 14.7. The predicted octanol–water partition coefficient (Wildman–Crippen LogP) is 3.45. The Bertz CT molecular complexity index is 1040. The molecule has 2 aromatic rings. The molecule has 2 amide bonds. The largest absolute Gasteiger partial charge is 0.339 e. The van der Waals surface area contributed by atoms with Crippen molar-refractivity contribution in [3.8, 4) is 0 Å². The molecule has 0 saturated carbocycles. The van der Waals surface area contributed by atoms with Crippen LogP contribution in [0, 0.1) is 0 Å². The molecular formula is C23H29N3O4S. The number of para-hydroxylation sites is 1. The maximum Gasteiger partial charge on any atom is 0.255 e. The van der Waals surface area contributed by atoms with Gasteiger partial charge >= 0.3 is 0 Å². The van der Waals surface area contributed by atoms with Crippen LogP contribution in [-0.4, -0.2) is 51.0 Å². The predicted molar refractivity (Wildman–Crippen MR) is 123 cm³/mol. The Kier molecular flexibility index (Phi) is 7.00. The molecule has 3 rings (SSSR count). The Morgan fingerprint density at radius 3 is 2.23 bits per heavy atom. The molecule has 8 heteroatoms. The zero-order valence-corrected chi connectivity index (χ0v) is 19.0. The van der Waals surface area contributed by atoms with E-state index in [0.717, 1.165) is 29.0 Å². The maximum absolute atomic E-state index is 12.8. The average molecular weight is 444 g/mol. The van der Waals surface area contributed by atoms with Gasteiger partial charge in [0, 0.05) is 13.1 Å². The summed E-state index contributed by atoms with van der Waals surface area (Å²) in [5.74, 6) is -0.327. The van der Waals surface area contributed by atoms with Crippen molar-refractivity contribution in [2.24, 2.45) is 0 Å². The number of rotatable bonds is 7. The number of carbonyl (C=O) groups is 2. The van der Waals surface area contributed by atoms with E-state index in [4.69, 9.17) is 0 Å². The van der Waals surface area contributed by atoms with Gasteiger partial charge in [-0.2, -0.15) is 0 Å². The molecule has 166 valence electrons. The molecule has 0 radical (unpaired) electrons. The highest BCUT2D eigenvalue weighted by atomic mass is 32.2.